The molecule has 0 aliphatic carbocycles. The summed E-state index contributed by atoms with van der Waals surface area (Å²) >= 11 is -2.06. The number of aromatic hydroxyl groups is 1. The Labute approximate surface area is 272 Å². The summed E-state index contributed by atoms with van der Waals surface area (Å²) in [4.78, 5) is 5.02. The molecule has 6 nitrogen and oxygen atoms in total. The zero-order valence-corrected chi connectivity index (χ0v) is 30.9. The molecule has 0 aromatic heterocycles. The van der Waals surface area contributed by atoms with Crippen LogP contribution in [0.1, 0.15) is 52.8 Å². The van der Waals surface area contributed by atoms with E-state index in [-0.39, 0.29) is 11.0 Å². The third-order valence-electron chi connectivity index (χ3n) is 7.07. The van der Waals surface area contributed by atoms with E-state index in [9.17, 15) is 8.42 Å². The van der Waals surface area contributed by atoms with Gasteiger partial charge in [0, 0.05) is 0 Å². The molecule has 0 spiro atoms. The molecule has 43 heavy (non-hydrogen) atoms. The minimum Gasteiger partial charge on any atom is -0.188 e. The molecule has 1 saturated heterocycles. The maximum Gasteiger partial charge on any atom is 0.295 e. The van der Waals surface area contributed by atoms with Crippen molar-refractivity contribution in [1.29, 1.82) is 0 Å². The normalized spacial score (nSPS) is 13.6. The van der Waals surface area contributed by atoms with Gasteiger partial charge in [0.15, 0.2) is 0 Å². The number of sulfonamides is 1. The van der Waals surface area contributed by atoms with E-state index in [2.05, 4.69) is 87.0 Å². The summed E-state index contributed by atoms with van der Waals surface area (Å²) in [6.07, 6.45) is 0.102. The molecule has 0 bridgehead atoms. The SMILES string of the molecule is CC(C)[OH+]c1ccc(S(=O)(=O)N(C)C)cc1[CH]=[Ru]([Cl])[Cl].Cc1cc(C)c(N2[CH+]N(c3c(C)cc(C)cc3C)CC2)c(C)c1. The van der Waals surface area contributed by atoms with E-state index in [1.165, 1.54) is 63.2 Å². The van der Waals surface area contributed by atoms with Crippen LogP contribution in [0, 0.1) is 48.2 Å². The van der Waals surface area contributed by atoms with Crippen molar-refractivity contribution in [2.24, 2.45) is 0 Å². The van der Waals surface area contributed by atoms with E-state index in [4.69, 9.17) is 19.4 Å². The van der Waals surface area contributed by atoms with Gasteiger partial charge >= 0.3 is 133 Å². The Morgan fingerprint density at radius 3 is 1.65 bits per heavy atom. The van der Waals surface area contributed by atoms with Crippen LogP contribution < -0.4 is 9.80 Å². The van der Waals surface area contributed by atoms with E-state index in [0.29, 0.717) is 11.3 Å². The number of rotatable bonds is 7. The molecule has 4 rings (SSSR count). The second kappa shape index (κ2) is 14.8. The Hall–Kier alpha value is -2.09. The van der Waals surface area contributed by atoms with Crippen molar-refractivity contribution in [3.05, 3.63) is 88.1 Å². The van der Waals surface area contributed by atoms with Gasteiger partial charge in [-0.05, 0) is 63.8 Å². The van der Waals surface area contributed by atoms with Crippen molar-refractivity contribution in [2.75, 3.05) is 37.0 Å². The number of hydrogen-bond acceptors (Lipinski definition) is 4. The fourth-order valence-corrected chi connectivity index (χ4v) is 8.29. The first kappa shape index (κ1) is 35.4. The molecule has 0 atom stereocenters. The zero-order chi connectivity index (χ0) is 32.2. The molecule has 236 valence electrons. The first-order valence-electron chi connectivity index (χ1n) is 14.2. The van der Waals surface area contributed by atoms with Crippen LogP contribution in [0.25, 0.3) is 0 Å². The molecule has 3 aromatic carbocycles. The standard InChI is InChI=1S/C21H27N2.C12H17NO3S.2ClH.Ru/c1-14-9-16(3)20(17(4)10-14)22-7-8-23(13-22)21-18(5)11-15(2)12-19(21)6;1-9(2)16-12-7-6-11(8-10(12)3)17(14,15)13(4)5;;;/h9-13H,7-8H2,1-6H3;3,6-9H,1-2,4-5H3;2*1H;/q+1;;;;+2/p-1. The van der Waals surface area contributed by atoms with Crippen LogP contribution >= 0.6 is 19.4 Å². The second-order valence-corrected chi connectivity index (χ2v) is 19.4. The Morgan fingerprint density at radius 1 is 0.837 bits per heavy atom. The Balaban J connectivity index is 0.000000238. The summed E-state index contributed by atoms with van der Waals surface area (Å²) in [5, 5.41) is 0. The number of anilines is 2. The minimum absolute atomic E-state index is 0.102. The van der Waals surface area contributed by atoms with Gasteiger partial charge in [-0.1, -0.05) is 35.4 Å². The average molecular weight is 736 g/mol. The van der Waals surface area contributed by atoms with E-state index >= 15 is 0 Å². The zero-order valence-electron chi connectivity index (χ0n) is 26.8. The number of benzene rings is 3. The number of nitrogens with zero attached hydrogens (tertiary/aromatic N) is 3. The van der Waals surface area contributed by atoms with Crippen LogP contribution in [0.5, 0.6) is 5.75 Å². The molecular weight excluding hydrogens is 690 g/mol. The minimum atomic E-state index is -3.48. The summed E-state index contributed by atoms with van der Waals surface area (Å²) in [7, 11) is 11.3. The topological polar surface area (TPSA) is 56.7 Å². The summed E-state index contributed by atoms with van der Waals surface area (Å²) in [5.74, 6) is 0.706. The molecule has 1 N–H and O–H groups in total. The van der Waals surface area contributed by atoms with Crippen LogP contribution in [-0.2, 0) is 23.5 Å². The molecule has 1 heterocycles. The number of aryl methyl sites for hydroxylation is 6. The molecule has 1 aliphatic heterocycles. The third kappa shape index (κ3) is 8.98. The van der Waals surface area contributed by atoms with E-state index in [0.717, 1.165) is 13.1 Å². The van der Waals surface area contributed by atoms with Gasteiger partial charge in [0.25, 0.3) is 6.67 Å². The molecule has 0 radical (unpaired) electrons. The van der Waals surface area contributed by atoms with Crippen LogP contribution in [0.15, 0.2) is 47.4 Å². The van der Waals surface area contributed by atoms with Crippen LogP contribution in [0.2, 0.25) is 0 Å². The van der Waals surface area contributed by atoms with Gasteiger partial charge in [0.2, 0.25) is 0 Å². The van der Waals surface area contributed by atoms with Crippen molar-refractivity contribution >= 4 is 45.4 Å². The van der Waals surface area contributed by atoms with Crippen LogP contribution in [0.3, 0.4) is 0 Å². The van der Waals surface area contributed by atoms with Crippen molar-refractivity contribution in [2.45, 2.75) is 66.4 Å². The number of halogens is 2. The van der Waals surface area contributed by atoms with Gasteiger partial charge in [-0.15, -0.1) is 0 Å². The van der Waals surface area contributed by atoms with Gasteiger partial charge in [0.05, 0.1) is 24.5 Å². The molecule has 1 aliphatic rings. The largest absolute Gasteiger partial charge is 0.295 e. The molecule has 1 fully saturated rings. The summed E-state index contributed by atoms with van der Waals surface area (Å²) in [6, 6.07) is 13.9. The van der Waals surface area contributed by atoms with Crippen molar-refractivity contribution in [1.82, 2.24) is 4.31 Å². The summed E-state index contributed by atoms with van der Waals surface area (Å²) in [5.41, 5.74) is 11.5. The second-order valence-electron chi connectivity index (χ2n) is 11.5. The maximum absolute atomic E-state index is 12.1. The van der Waals surface area contributed by atoms with Crippen molar-refractivity contribution in [3.8, 4) is 5.75 Å². The molecule has 10 heteroatoms. The van der Waals surface area contributed by atoms with E-state index in [1.807, 2.05) is 13.8 Å². The van der Waals surface area contributed by atoms with Gasteiger partial charge in [0.1, 0.15) is 0 Å². The number of aliphatic hydroxyl groups is 1. The van der Waals surface area contributed by atoms with Gasteiger partial charge in [-0.2, -0.15) is 9.80 Å². The third-order valence-corrected chi connectivity index (χ3v) is 10.7. The first-order valence-corrected chi connectivity index (χ1v) is 21.1. The van der Waals surface area contributed by atoms with Gasteiger partial charge in [-0.25, -0.2) is 0 Å². The van der Waals surface area contributed by atoms with Crippen molar-refractivity contribution in [3.63, 3.8) is 0 Å². The van der Waals surface area contributed by atoms with Gasteiger partial charge in [-0.3, -0.25) is 0 Å². The van der Waals surface area contributed by atoms with E-state index < -0.39 is 23.5 Å². The molecular formula is C33H45Cl2N3O3RuS+2. The molecule has 3 aromatic rings. The Bertz CT molecular complexity index is 1490. The predicted molar refractivity (Wildman–Crippen MR) is 181 cm³/mol. The van der Waals surface area contributed by atoms with Crippen molar-refractivity contribution < 1.29 is 26.7 Å². The van der Waals surface area contributed by atoms with Crippen LogP contribution in [-0.4, -0.2) is 55.4 Å². The first-order chi connectivity index (χ1) is 20.0. The fraction of sp³-hybridized carbons (Fsp3) is 0.394. The Morgan fingerprint density at radius 2 is 1.28 bits per heavy atom. The quantitative estimate of drug-likeness (QED) is 0.142. The maximum atomic E-state index is 12.1. The number of hydrogen-bond donors (Lipinski definition) is 0. The Kier molecular flexibility index (Phi) is 12.2. The van der Waals surface area contributed by atoms with Crippen LogP contribution in [0.4, 0.5) is 11.4 Å². The monoisotopic (exact) mass is 735 g/mol. The molecule has 0 saturated carbocycles. The molecule has 0 unspecified atom stereocenters. The molecule has 0 amide bonds. The summed E-state index contributed by atoms with van der Waals surface area (Å²) < 4.78 is 31.6. The van der Waals surface area contributed by atoms with Gasteiger partial charge < -0.3 is 0 Å². The summed E-state index contributed by atoms with van der Waals surface area (Å²) in [6.45, 7) is 21.5. The fourth-order valence-electron chi connectivity index (χ4n) is 5.55. The smallest absolute Gasteiger partial charge is 0.188 e. The predicted octanol–water partition coefficient (Wildman–Crippen LogP) is 7.65. The number of ether oxygens (including phenoxy) is 1. The average Bonchev–Trinajstić information content (AvgIpc) is 3.32. The van der Waals surface area contributed by atoms with E-state index in [1.54, 1.807) is 22.8 Å².